The summed E-state index contributed by atoms with van der Waals surface area (Å²) in [6.07, 6.45) is 1.78. The summed E-state index contributed by atoms with van der Waals surface area (Å²) in [6, 6.07) is 13.6. The number of hydrogen-bond acceptors (Lipinski definition) is 4. The molecule has 4 nitrogen and oxygen atoms in total. The van der Waals surface area contributed by atoms with E-state index in [9.17, 15) is 23.1 Å². The van der Waals surface area contributed by atoms with Gasteiger partial charge in [0.1, 0.15) is 11.6 Å². The fourth-order valence-corrected chi connectivity index (χ4v) is 4.39. The number of carbonyl (C=O) groups is 1. The van der Waals surface area contributed by atoms with Crippen LogP contribution in [0.3, 0.4) is 0 Å². The molecule has 1 fully saturated rings. The van der Waals surface area contributed by atoms with Gasteiger partial charge in [-0.3, -0.25) is 0 Å². The van der Waals surface area contributed by atoms with Gasteiger partial charge < -0.3 is 14.6 Å². The molecule has 0 radical (unpaired) electrons. The highest BCUT2D eigenvalue weighted by Crippen LogP contribution is 2.35. The molecule has 0 saturated heterocycles. The first kappa shape index (κ1) is 24.9. The van der Waals surface area contributed by atoms with Crippen LogP contribution in [0.2, 0.25) is 0 Å². The number of halogens is 3. The molecule has 0 amide bonds. The zero-order valence-corrected chi connectivity index (χ0v) is 19.4. The minimum atomic E-state index is -1.25. The highest BCUT2D eigenvalue weighted by Gasteiger charge is 2.27. The molecule has 35 heavy (non-hydrogen) atoms. The molecular formula is C28H27F3O4. The zero-order chi connectivity index (χ0) is 24.9. The summed E-state index contributed by atoms with van der Waals surface area (Å²) in [5.74, 6) is -3.80. The molecule has 0 heterocycles. The lowest BCUT2D eigenvalue weighted by molar-refractivity contribution is 0.0728. The van der Waals surface area contributed by atoms with Gasteiger partial charge >= 0.3 is 5.97 Å². The van der Waals surface area contributed by atoms with E-state index in [0.717, 1.165) is 5.56 Å². The Morgan fingerprint density at radius 3 is 2.31 bits per heavy atom. The fraction of sp³-hybridized carbons (Fsp3) is 0.321. The van der Waals surface area contributed by atoms with Crippen LogP contribution in [0.25, 0.3) is 11.1 Å². The maximum absolute atomic E-state index is 14.7. The van der Waals surface area contributed by atoms with Crippen molar-refractivity contribution in [3.05, 3.63) is 88.7 Å². The number of aliphatic hydroxyl groups is 1. The highest BCUT2D eigenvalue weighted by atomic mass is 19.2. The van der Waals surface area contributed by atoms with Crippen LogP contribution in [0.15, 0.2) is 54.6 Å². The first-order chi connectivity index (χ1) is 16.9. The lowest BCUT2D eigenvalue weighted by Crippen LogP contribution is -2.19. The maximum Gasteiger partial charge on any atom is 0.346 e. The summed E-state index contributed by atoms with van der Waals surface area (Å²) in [5, 5.41) is 9.64. The highest BCUT2D eigenvalue weighted by molar-refractivity contribution is 5.91. The van der Waals surface area contributed by atoms with Gasteiger partial charge in [0.05, 0.1) is 18.3 Å². The molecule has 7 heteroatoms. The van der Waals surface area contributed by atoms with Gasteiger partial charge in [-0.1, -0.05) is 30.3 Å². The molecule has 1 saturated carbocycles. The average Bonchev–Trinajstić information content (AvgIpc) is 2.85. The van der Waals surface area contributed by atoms with Crippen molar-refractivity contribution in [2.24, 2.45) is 0 Å². The Labute approximate surface area is 202 Å². The fourth-order valence-electron chi connectivity index (χ4n) is 4.39. The van der Waals surface area contributed by atoms with Crippen molar-refractivity contribution in [2.45, 2.75) is 51.2 Å². The molecule has 0 bridgehead atoms. The van der Waals surface area contributed by atoms with Crippen molar-refractivity contribution >= 4 is 5.97 Å². The second-order valence-electron chi connectivity index (χ2n) is 8.70. The van der Waals surface area contributed by atoms with Crippen LogP contribution in [0.4, 0.5) is 13.2 Å². The molecule has 4 rings (SSSR count). The molecule has 3 aromatic rings. The molecule has 0 aromatic heterocycles. The Balaban J connectivity index is 1.45. The summed E-state index contributed by atoms with van der Waals surface area (Å²) >= 11 is 0. The molecular weight excluding hydrogens is 457 g/mol. The van der Waals surface area contributed by atoms with E-state index in [-0.39, 0.29) is 17.2 Å². The third-order valence-corrected chi connectivity index (χ3v) is 6.35. The maximum atomic E-state index is 14.7. The van der Waals surface area contributed by atoms with Crippen LogP contribution >= 0.6 is 0 Å². The van der Waals surface area contributed by atoms with Gasteiger partial charge in [0.25, 0.3) is 0 Å². The molecule has 0 atom stereocenters. The number of esters is 1. The first-order valence-corrected chi connectivity index (χ1v) is 11.7. The summed E-state index contributed by atoms with van der Waals surface area (Å²) in [4.78, 5) is 12.5. The summed E-state index contributed by atoms with van der Waals surface area (Å²) in [7, 11) is 0. The smallest absolute Gasteiger partial charge is 0.346 e. The van der Waals surface area contributed by atoms with Crippen LogP contribution in [-0.2, 0) is 11.3 Å². The monoisotopic (exact) mass is 484 g/mol. The molecule has 0 aliphatic heterocycles. The van der Waals surface area contributed by atoms with Gasteiger partial charge in [-0.05, 0) is 79.5 Å². The summed E-state index contributed by atoms with van der Waals surface area (Å²) in [5.41, 5.74) is 1.39. The Morgan fingerprint density at radius 2 is 1.66 bits per heavy atom. The van der Waals surface area contributed by atoms with Gasteiger partial charge in [-0.25, -0.2) is 18.0 Å². The van der Waals surface area contributed by atoms with E-state index in [1.165, 1.54) is 30.3 Å². The van der Waals surface area contributed by atoms with Gasteiger partial charge in [-0.2, -0.15) is 0 Å². The van der Waals surface area contributed by atoms with Crippen molar-refractivity contribution in [1.82, 2.24) is 0 Å². The van der Waals surface area contributed by atoms with E-state index < -0.39 is 35.1 Å². The molecule has 1 aliphatic carbocycles. The topological polar surface area (TPSA) is 55.8 Å². The van der Waals surface area contributed by atoms with Gasteiger partial charge in [0.2, 0.25) is 0 Å². The average molecular weight is 485 g/mol. The number of aliphatic hydroxyl groups excluding tert-OH is 1. The minimum Gasteiger partial charge on any atom is -0.423 e. The predicted molar refractivity (Wildman–Crippen MR) is 126 cm³/mol. The Bertz CT molecular complexity index is 1190. The molecule has 0 spiro atoms. The quantitative estimate of drug-likeness (QED) is 0.305. The van der Waals surface area contributed by atoms with E-state index in [1.807, 2.05) is 6.92 Å². The third-order valence-electron chi connectivity index (χ3n) is 6.35. The Hall–Kier alpha value is -3.16. The molecule has 1 aliphatic rings. The number of benzene rings is 3. The van der Waals surface area contributed by atoms with Crippen LogP contribution in [0.1, 0.15) is 60.0 Å². The zero-order valence-electron chi connectivity index (χ0n) is 19.4. The Morgan fingerprint density at radius 1 is 0.943 bits per heavy atom. The van der Waals surface area contributed by atoms with E-state index >= 15 is 0 Å². The Kier molecular flexibility index (Phi) is 7.88. The second kappa shape index (κ2) is 11.1. The molecule has 3 aromatic carbocycles. The van der Waals surface area contributed by atoms with Crippen LogP contribution in [0, 0.1) is 17.5 Å². The number of hydrogen-bond donors (Lipinski definition) is 1. The number of carbonyl (C=O) groups excluding carboxylic acids is 1. The molecule has 1 N–H and O–H groups in total. The van der Waals surface area contributed by atoms with Crippen molar-refractivity contribution in [1.29, 1.82) is 0 Å². The summed E-state index contributed by atoms with van der Waals surface area (Å²) in [6.45, 7) is 2.73. The lowest BCUT2D eigenvalue weighted by atomic mass is 9.82. The van der Waals surface area contributed by atoms with E-state index in [4.69, 9.17) is 9.47 Å². The van der Waals surface area contributed by atoms with Gasteiger partial charge in [0.15, 0.2) is 11.6 Å². The SMILES string of the molecule is CCOCc1ccc(-c2ccc(OC(=O)c3ccc(C4CCC(O)CC4)c(F)c3F)cc2)c(F)c1. The largest absolute Gasteiger partial charge is 0.423 e. The van der Waals surface area contributed by atoms with Crippen molar-refractivity contribution < 1.29 is 32.5 Å². The number of rotatable bonds is 7. The lowest BCUT2D eigenvalue weighted by Gasteiger charge is -2.26. The normalized spacial score (nSPS) is 17.9. The molecule has 0 unspecified atom stereocenters. The van der Waals surface area contributed by atoms with Gasteiger partial charge in [0, 0.05) is 12.2 Å². The van der Waals surface area contributed by atoms with Crippen molar-refractivity contribution in [2.75, 3.05) is 6.61 Å². The second-order valence-corrected chi connectivity index (χ2v) is 8.70. The van der Waals surface area contributed by atoms with Crippen LogP contribution < -0.4 is 4.74 Å². The first-order valence-electron chi connectivity index (χ1n) is 11.7. The van der Waals surface area contributed by atoms with E-state index in [2.05, 4.69) is 0 Å². The van der Waals surface area contributed by atoms with Crippen LogP contribution in [-0.4, -0.2) is 23.8 Å². The third kappa shape index (κ3) is 5.74. The number of ether oxygens (including phenoxy) is 2. The summed E-state index contributed by atoms with van der Waals surface area (Å²) < 4.78 is 54.5. The standard InChI is InChI=1S/C28H27F3O4/c1-2-34-16-17-3-12-22(25(29)15-17)18-6-10-21(11-7-18)35-28(33)24-14-13-23(26(30)27(24)31)19-4-8-20(32)9-5-19/h3,6-7,10-15,19-20,32H,2,4-5,8-9,16H2,1H3. The van der Waals surface area contributed by atoms with E-state index in [1.54, 1.807) is 24.3 Å². The van der Waals surface area contributed by atoms with Crippen molar-refractivity contribution in [3.8, 4) is 16.9 Å². The van der Waals surface area contributed by atoms with Crippen molar-refractivity contribution in [3.63, 3.8) is 0 Å². The minimum absolute atomic E-state index is 0.122. The molecule has 184 valence electrons. The van der Waals surface area contributed by atoms with Crippen LogP contribution in [0.5, 0.6) is 5.75 Å². The predicted octanol–water partition coefficient (Wildman–Crippen LogP) is 6.55. The van der Waals surface area contributed by atoms with Gasteiger partial charge in [-0.15, -0.1) is 0 Å². The van der Waals surface area contributed by atoms with E-state index in [0.29, 0.717) is 50.0 Å².